The predicted molar refractivity (Wildman–Crippen MR) is 112 cm³/mol. The standard InChI is InChI=1S/C21H18ClNO4S/c1-3-27-21(25)18-17(13-4-8-15(22)9-5-13)12-28-20(18)23-19(24)14-6-10-16(26-2)11-7-14/h4-12H,3H2,1-2H3,(H,23,24). The van der Waals surface area contributed by atoms with E-state index in [1.165, 1.54) is 11.3 Å². The molecule has 7 heteroatoms. The molecular formula is C21H18ClNO4S. The van der Waals surface area contributed by atoms with Gasteiger partial charge in [0.1, 0.15) is 16.3 Å². The van der Waals surface area contributed by atoms with Gasteiger partial charge in [-0.3, -0.25) is 4.79 Å². The second-order valence-corrected chi connectivity index (χ2v) is 7.08. The Labute approximate surface area is 171 Å². The number of ether oxygens (including phenoxy) is 2. The third-order valence-electron chi connectivity index (χ3n) is 4.01. The Balaban J connectivity index is 1.94. The summed E-state index contributed by atoms with van der Waals surface area (Å²) in [5, 5.41) is 5.67. The number of carbonyl (C=O) groups is 2. The van der Waals surface area contributed by atoms with Gasteiger partial charge in [0.25, 0.3) is 5.91 Å². The number of hydrogen-bond acceptors (Lipinski definition) is 5. The van der Waals surface area contributed by atoms with Crippen molar-refractivity contribution in [2.45, 2.75) is 6.92 Å². The van der Waals surface area contributed by atoms with Crippen LogP contribution in [-0.2, 0) is 4.74 Å². The Morgan fingerprint density at radius 2 is 1.75 bits per heavy atom. The van der Waals surface area contributed by atoms with Crippen LogP contribution >= 0.6 is 22.9 Å². The first-order valence-electron chi connectivity index (χ1n) is 8.53. The maximum Gasteiger partial charge on any atom is 0.341 e. The molecule has 0 spiro atoms. The van der Waals surface area contributed by atoms with Gasteiger partial charge in [0.2, 0.25) is 0 Å². The number of methoxy groups -OCH3 is 1. The molecule has 1 heterocycles. The SMILES string of the molecule is CCOC(=O)c1c(-c2ccc(Cl)cc2)csc1NC(=O)c1ccc(OC)cc1. The fraction of sp³-hybridized carbons (Fsp3) is 0.143. The molecule has 1 aromatic heterocycles. The number of halogens is 1. The van der Waals surface area contributed by atoms with E-state index in [9.17, 15) is 9.59 Å². The zero-order valence-electron chi connectivity index (χ0n) is 15.3. The number of amides is 1. The van der Waals surface area contributed by atoms with Crippen molar-refractivity contribution in [2.75, 3.05) is 19.0 Å². The lowest BCUT2D eigenvalue weighted by Crippen LogP contribution is -2.14. The lowest BCUT2D eigenvalue weighted by Gasteiger charge is -2.09. The van der Waals surface area contributed by atoms with Crippen molar-refractivity contribution in [3.8, 4) is 16.9 Å². The summed E-state index contributed by atoms with van der Waals surface area (Å²) in [4.78, 5) is 25.2. The van der Waals surface area contributed by atoms with Crippen molar-refractivity contribution < 1.29 is 19.1 Å². The summed E-state index contributed by atoms with van der Waals surface area (Å²) < 4.78 is 10.3. The smallest absolute Gasteiger partial charge is 0.341 e. The van der Waals surface area contributed by atoms with Gasteiger partial charge in [-0.2, -0.15) is 0 Å². The van der Waals surface area contributed by atoms with Gasteiger partial charge in [-0.25, -0.2) is 4.79 Å². The van der Waals surface area contributed by atoms with Crippen LogP contribution in [0.5, 0.6) is 5.75 Å². The largest absolute Gasteiger partial charge is 0.497 e. The average molecular weight is 416 g/mol. The molecule has 0 unspecified atom stereocenters. The van der Waals surface area contributed by atoms with Gasteiger partial charge in [-0.1, -0.05) is 23.7 Å². The van der Waals surface area contributed by atoms with E-state index in [1.54, 1.807) is 50.4 Å². The third kappa shape index (κ3) is 4.35. The Kier molecular flexibility index (Phi) is 6.34. The van der Waals surface area contributed by atoms with Crippen LogP contribution in [0.2, 0.25) is 5.02 Å². The van der Waals surface area contributed by atoms with E-state index >= 15 is 0 Å². The maximum atomic E-state index is 12.6. The molecule has 5 nitrogen and oxygen atoms in total. The third-order valence-corrected chi connectivity index (χ3v) is 5.15. The molecule has 0 aliphatic heterocycles. The Bertz CT molecular complexity index is 981. The van der Waals surface area contributed by atoms with Gasteiger partial charge in [0, 0.05) is 21.5 Å². The van der Waals surface area contributed by atoms with E-state index in [0.717, 1.165) is 5.56 Å². The van der Waals surface area contributed by atoms with E-state index in [0.29, 0.717) is 32.5 Å². The molecule has 2 aromatic carbocycles. The van der Waals surface area contributed by atoms with Gasteiger partial charge in [-0.15, -0.1) is 11.3 Å². The molecule has 0 atom stereocenters. The Morgan fingerprint density at radius 3 is 2.36 bits per heavy atom. The average Bonchev–Trinajstić information content (AvgIpc) is 3.12. The quantitative estimate of drug-likeness (QED) is 0.539. The van der Waals surface area contributed by atoms with Crippen LogP contribution in [-0.4, -0.2) is 25.6 Å². The molecule has 0 saturated carbocycles. The van der Waals surface area contributed by atoms with Crippen LogP contribution < -0.4 is 10.1 Å². The highest BCUT2D eigenvalue weighted by atomic mass is 35.5. The number of benzene rings is 2. The molecule has 1 amide bonds. The Hall–Kier alpha value is -2.83. The number of thiophene rings is 1. The topological polar surface area (TPSA) is 64.6 Å². The molecule has 0 saturated heterocycles. The predicted octanol–water partition coefficient (Wildman–Crippen LogP) is 5.51. The minimum Gasteiger partial charge on any atom is -0.497 e. The molecule has 0 fully saturated rings. The number of nitrogens with one attached hydrogen (secondary N) is 1. The second-order valence-electron chi connectivity index (χ2n) is 5.76. The first-order chi connectivity index (χ1) is 13.5. The van der Waals surface area contributed by atoms with Crippen molar-refractivity contribution in [1.82, 2.24) is 0 Å². The molecule has 0 radical (unpaired) electrons. The number of carbonyl (C=O) groups excluding carboxylic acids is 2. The van der Waals surface area contributed by atoms with Crippen molar-refractivity contribution in [3.05, 3.63) is 70.1 Å². The van der Waals surface area contributed by atoms with E-state index in [1.807, 2.05) is 17.5 Å². The minimum atomic E-state index is -0.487. The van der Waals surface area contributed by atoms with Crippen LogP contribution in [0.15, 0.2) is 53.9 Å². The molecule has 0 bridgehead atoms. The zero-order chi connectivity index (χ0) is 20.1. The van der Waals surface area contributed by atoms with Gasteiger partial charge >= 0.3 is 5.97 Å². The highest BCUT2D eigenvalue weighted by Gasteiger charge is 2.23. The molecule has 3 aromatic rings. The summed E-state index contributed by atoms with van der Waals surface area (Å²) in [6.07, 6.45) is 0. The fourth-order valence-electron chi connectivity index (χ4n) is 2.62. The molecule has 144 valence electrons. The highest BCUT2D eigenvalue weighted by Crippen LogP contribution is 2.37. The highest BCUT2D eigenvalue weighted by molar-refractivity contribution is 7.15. The second kappa shape index (κ2) is 8.91. The first kappa shape index (κ1) is 19.9. The normalized spacial score (nSPS) is 10.4. The maximum absolute atomic E-state index is 12.6. The van der Waals surface area contributed by atoms with E-state index in [2.05, 4.69) is 5.32 Å². The van der Waals surface area contributed by atoms with Crippen LogP contribution in [0.25, 0.3) is 11.1 Å². The molecule has 0 aliphatic rings. The molecule has 1 N–H and O–H groups in total. The summed E-state index contributed by atoms with van der Waals surface area (Å²) in [5.41, 5.74) is 2.28. The number of hydrogen-bond donors (Lipinski definition) is 1. The summed E-state index contributed by atoms with van der Waals surface area (Å²) in [6, 6.07) is 13.9. The van der Waals surface area contributed by atoms with Crippen LogP contribution in [0.3, 0.4) is 0 Å². The summed E-state index contributed by atoms with van der Waals surface area (Å²) in [6.45, 7) is 1.97. The number of esters is 1. The Morgan fingerprint density at radius 1 is 1.07 bits per heavy atom. The number of rotatable bonds is 6. The van der Waals surface area contributed by atoms with Crippen LogP contribution in [0.4, 0.5) is 5.00 Å². The van der Waals surface area contributed by atoms with Gasteiger partial charge in [0.05, 0.1) is 13.7 Å². The van der Waals surface area contributed by atoms with Crippen LogP contribution in [0, 0.1) is 0 Å². The monoisotopic (exact) mass is 415 g/mol. The van der Waals surface area contributed by atoms with Crippen LogP contribution in [0.1, 0.15) is 27.6 Å². The minimum absolute atomic E-state index is 0.237. The molecular weight excluding hydrogens is 398 g/mol. The lowest BCUT2D eigenvalue weighted by molar-refractivity contribution is 0.0529. The summed E-state index contributed by atoms with van der Waals surface area (Å²) in [5.74, 6) is -0.152. The van der Waals surface area contributed by atoms with Crippen molar-refractivity contribution >= 4 is 39.8 Å². The van der Waals surface area contributed by atoms with E-state index in [4.69, 9.17) is 21.1 Å². The fourth-order valence-corrected chi connectivity index (χ4v) is 3.69. The van der Waals surface area contributed by atoms with E-state index in [-0.39, 0.29) is 12.5 Å². The molecule has 0 aliphatic carbocycles. The molecule has 28 heavy (non-hydrogen) atoms. The van der Waals surface area contributed by atoms with Crippen molar-refractivity contribution in [3.63, 3.8) is 0 Å². The lowest BCUT2D eigenvalue weighted by atomic mass is 10.0. The van der Waals surface area contributed by atoms with Crippen molar-refractivity contribution in [1.29, 1.82) is 0 Å². The van der Waals surface area contributed by atoms with E-state index < -0.39 is 5.97 Å². The van der Waals surface area contributed by atoms with Gasteiger partial charge < -0.3 is 14.8 Å². The van der Waals surface area contributed by atoms with Crippen molar-refractivity contribution in [2.24, 2.45) is 0 Å². The molecule has 3 rings (SSSR count). The zero-order valence-corrected chi connectivity index (χ0v) is 16.9. The number of anilines is 1. The van der Waals surface area contributed by atoms with Gasteiger partial charge in [-0.05, 0) is 48.9 Å². The van der Waals surface area contributed by atoms with Gasteiger partial charge in [0.15, 0.2) is 0 Å². The summed E-state index contributed by atoms with van der Waals surface area (Å²) >= 11 is 7.23. The summed E-state index contributed by atoms with van der Waals surface area (Å²) in [7, 11) is 1.56. The first-order valence-corrected chi connectivity index (χ1v) is 9.79.